The first kappa shape index (κ1) is 11.6. The van der Waals surface area contributed by atoms with Crippen molar-refractivity contribution in [2.75, 3.05) is 0 Å². The average Bonchev–Trinajstić information content (AvgIpc) is 2.31. The summed E-state index contributed by atoms with van der Waals surface area (Å²) in [6.45, 7) is 0. The van der Waals surface area contributed by atoms with E-state index in [0.29, 0.717) is 0 Å². The Labute approximate surface area is 109 Å². The minimum absolute atomic E-state index is 0.219. The van der Waals surface area contributed by atoms with Crippen molar-refractivity contribution in [3.05, 3.63) is 60.7 Å². The van der Waals surface area contributed by atoms with Gasteiger partial charge in [-0.05, 0) is 0 Å². The van der Waals surface area contributed by atoms with Gasteiger partial charge in [0.15, 0.2) is 0 Å². The summed E-state index contributed by atoms with van der Waals surface area (Å²) in [5.41, 5.74) is 0. The number of para-hydroxylation sites is 1. The maximum absolute atomic E-state index is 5.71. The van der Waals surface area contributed by atoms with Crippen LogP contribution in [-0.2, 0) is 0 Å². The summed E-state index contributed by atoms with van der Waals surface area (Å²) in [5, 5.41) is 0. The monoisotopic (exact) mass is 342 g/mol. The second-order valence-electron chi connectivity index (χ2n) is 3.08. The molecule has 0 bridgehead atoms. The second kappa shape index (κ2) is 6.03. The van der Waals surface area contributed by atoms with E-state index in [0.717, 1.165) is 9.25 Å². The summed E-state index contributed by atoms with van der Waals surface area (Å²) >= 11 is 3.22. The Bertz CT molecular complexity index is 410. The van der Waals surface area contributed by atoms with Crippen molar-refractivity contribution >= 4 is 38.5 Å². The van der Waals surface area contributed by atoms with E-state index >= 15 is 0 Å². The minimum atomic E-state index is 0.219. The van der Waals surface area contributed by atoms with Gasteiger partial charge in [-0.25, -0.2) is 0 Å². The van der Waals surface area contributed by atoms with Crippen molar-refractivity contribution in [2.45, 2.75) is 0 Å². The molecule has 0 amide bonds. The van der Waals surface area contributed by atoms with Crippen LogP contribution in [0.5, 0.6) is 5.75 Å². The SMILES string of the molecule is [Se]=C(Oc1ccccc1)[Se]c1ccccc1. The van der Waals surface area contributed by atoms with Gasteiger partial charge in [0, 0.05) is 0 Å². The van der Waals surface area contributed by atoms with E-state index < -0.39 is 0 Å². The van der Waals surface area contributed by atoms with Crippen LogP contribution in [0, 0.1) is 0 Å². The van der Waals surface area contributed by atoms with Crippen molar-refractivity contribution in [3.63, 3.8) is 0 Å². The fourth-order valence-electron chi connectivity index (χ4n) is 1.19. The normalized spacial score (nSPS) is 9.75. The van der Waals surface area contributed by atoms with E-state index in [9.17, 15) is 0 Å². The van der Waals surface area contributed by atoms with Gasteiger partial charge in [0.25, 0.3) is 0 Å². The van der Waals surface area contributed by atoms with Gasteiger partial charge >= 0.3 is 110 Å². The average molecular weight is 340 g/mol. The van der Waals surface area contributed by atoms with Crippen LogP contribution in [-0.4, -0.2) is 34.0 Å². The van der Waals surface area contributed by atoms with E-state index in [1.165, 1.54) is 4.46 Å². The first-order valence-electron chi connectivity index (χ1n) is 4.84. The maximum atomic E-state index is 5.71. The summed E-state index contributed by atoms with van der Waals surface area (Å²) in [5.74, 6) is 0.883. The van der Waals surface area contributed by atoms with E-state index in [-0.39, 0.29) is 15.0 Å². The van der Waals surface area contributed by atoms with Crippen molar-refractivity contribution in [1.82, 2.24) is 0 Å². The Morgan fingerprint density at radius 3 is 2.06 bits per heavy atom. The van der Waals surface area contributed by atoms with Crippen LogP contribution in [0.15, 0.2) is 60.7 Å². The molecule has 0 unspecified atom stereocenters. The predicted molar refractivity (Wildman–Crippen MR) is 69.7 cm³/mol. The molecule has 0 saturated heterocycles. The Hall–Kier alpha value is -0.851. The number of hydrogen-bond donors (Lipinski definition) is 0. The molecule has 0 N–H and O–H groups in total. The van der Waals surface area contributed by atoms with Gasteiger partial charge in [-0.3, -0.25) is 0 Å². The van der Waals surface area contributed by atoms with E-state index in [4.69, 9.17) is 4.74 Å². The van der Waals surface area contributed by atoms with Crippen LogP contribution in [0.25, 0.3) is 0 Å². The standard InChI is InChI=1S/C13H10OSe2/c15-13(14-11-7-3-1-4-8-11)16-12-9-5-2-6-10-12/h1-10H. The zero-order valence-corrected chi connectivity index (χ0v) is 11.9. The van der Waals surface area contributed by atoms with Crippen LogP contribution >= 0.6 is 0 Å². The summed E-state index contributed by atoms with van der Waals surface area (Å²) in [7, 11) is 0. The fourth-order valence-corrected chi connectivity index (χ4v) is 3.75. The third kappa shape index (κ3) is 3.62. The van der Waals surface area contributed by atoms with Crippen LogP contribution in [0.2, 0.25) is 0 Å². The van der Waals surface area contributed by atoms with E-state index in [2.05, 4.69) is 27.7 Å². The second-order valence-corrected chi connectivity index (χ2v) is 7.36. The molecule has 0 saturated carbocycles. The molecule has 0 aliphatic heterocycles. The third-order valence-corrected chi connectivity index (χ3v) is 4.56. The molecule has 2 aromatic rings. The Morgan fingerprint density at radius 2 is 1.44 bits per heavy atom. The van der Waals surface area contributed by atoms with Crippen LogP contribution in [0.1, 0.15) is 0 Å². The molecule has 0 aliphatic carbocycles. The zero-order chi connectivity index (χ0) is 11.2. The van der Waals surface area contributed by atoms with Crippen molar-refractivity contribution in [2.24, 2.45) is 0 Å². The van der Waals surface area contributed by atoms with Crippen LogP contribution in [0.3, 0.4) is 0 Å². The Kier molecular flexibility index (Phi) is 4.38. The molecule has 0 aromatic heterocycles. The van der Waals surface area contributed by atoms with E-state index in [1.807, 2.05) is 48.5 Å². The first-order chi connectivity index (χ1) is 7.84. The molecule has 2 aromatic carbocycles. The van der Waals surface area contributed by atoms with Gasteiger partial charge in [0.2, 0.25) is 0 Å². The third-order valence-electron chi connectivity index (χ3n) is 1.89. The molecule has 0 fully saturated rings. The number of hydrogen-bond acceptors (Lipinski definition) is 1. The first-order valence-corrected chi connectivity index (χ1v) is 7.41. The van der Waals surface area contributed by atoms with Crippen molar-refractivity contribution < 1.29 is 4.74 Å². The molecule has 16 heavy (non-hydrogen) atoms. The molecule has 1 nitrogen and oxygen atoms in total. The Balaban J connectivity index is 1.95. The van der Waals surface area contributed by atoms with Crippen LogP contribution < -0.4 is 9.20 Å². The zero-order valence-electron chi connectivity index (χ0n) is 8.50. The molecule has 0 spiro atoms. The number of ether oxygens (including phenoxy) is 1. The van der Waals surface area contributed by atoms with Gasteiger partial charge in [0.1, 0.15) is 0 Å². The van der Waals surface area contributed by atoms with Crippen LogP contribution in [0.4, 0.5) is 0 Å². The summed E-state index contributed by atoms with van der Waals surface area (Å²) in [4.78, 5) is 0. The van der Waals surface area contributed by atoms with Gasteiger partial charge in [-0.15, -0.1) is 0 Å². The van der Waals surface area contributed by atoms with Crippen molar-refractivity contribution in [1.29, 1.82) is 0 Å². The van der Waals surface area contributed by atoms with Crippen molar-refractivity contribution in [3.8, 4) is 5.75 Å². The summed E-state index contributed by atoms with van der Waals surface area (Å²) in [6.07, 6.45) is 0. The quantitative estimate of drug-likeness (QED) is 0.764. The predicted octanol–water partition coefficient (Wildman–Crippen LogP) is 1.35. The number of benzene rings is 2. The molecule has 80 valence electrons. The molecular formula is C13H10OSe2. The molecular weight excluding hydrogens is 330 g/mol. The Morgan fingerprint density at radius 1 is 0.875 bits per heavy atom. The molecule has 0 atom stereocenters. The van der Waals surface area contributed by atoms with Gasteiger partial charge in [-0.1, -0.05) is 0 Å². The molecule has 3 heteroatoms. The van der Waals surface area contributed by atoms with Gasteiger partial charge in [-0.2, -0.15) is 0 Å². The molecule has 2 rings (SSSR count). The topological polar surface area (TPSA) is 9.23 Å². The van der Waals surface area contributed by atoms with Gasteiger partial charge < -0.3 is 0 Å². The fraction of sp³-hybridized carbons (Fsp3) is 0. The van der Waals surface area contributed by atoms with Gasteiger partial charge in [0.05, 0.1) is 0 Å². The summed E-state index contributed by atoms with van der Waals surface area (Å²) in [6, 6.07) is 20.2. The molecule has 0 radical (unpaired) electrons. The molecule has 0 heterocycles. The van der Waals surface area contributed by atoms with E-state index in [1.54, 1.807) is 0 Å². The summed E-state index contributed by atoms with van der Waals surface area (Å²) < 4.78 is 7.96. The number of rotatable bonds is 4. The molecule has 0 aliphatic rings.